The van der Waals surface area contributed by atoms with Crippen molar-refractivity contribution in [3.05, 3.63) is 88.7 Å². The van der Waals surface area contributed by atoms with E-state index in [4.69, 9.17) is 11.6 Å². The maximum atomic E-state index is 13.5. The Morgan fingerprint density at radius 1 is 0.861 bits per heavy atom. The minimum Gasteiger partial charge on any atom is -0.336 e. The number of anilines is 3. The normalized spacial score (nSPS) is 10.9. The first-order chi connectivity index (χ1) is 17.2. The molecule has 0 heterocycles. The molecule has 0 saturated heterocycles. The van der Waals surface area contributed by atoms with Crippen molar-refractivity contribution in [1.82, 2.24) is 5.32 Å². The maximum Gasteiger partial charge on any atom is 0.326 e. The van der Waals surface area contributed by atoms with Crippen LogP contribution >= 0.6 is 11.6 Å². The highest BCUT2D eigenvalue weighted by atomic mass is 35.5. The molecule has 0 bridgehead atoms. The Bertz CT molecular complexity index is 1150. The van der Waals surface area contributed by atoms with Gasteiger partial charge in [-0.1, -0.05) is 57.5 Å². The van der Waals surface area contributed by atoms with Gasteiger partial charge in [-0.2, -0.15) is 0 Å². The highest BCUT2D eigenvalue weighted by Crippen LogP contribution is 2.32. The average molecular weight is 511 g/mol. The zero-order chi connectivity index (χ0) is 26.2. The van der Waals surface area contributed by atoms with E-state index >= 15 is 0 Å². The monoisotopic (exact) mass is 510 g/mol. The van der Waals surface area contributed by atoms with E-state index in [0.29, 0.717) is 16.4 Å². The van der Waals surface area contributed by atoms with E-state index in [2.05, 4.69) is 43.6 Å². The van der Waals surface area contributed by atoms with Gasteiger partial charge in [0, 0.05) is 35.2 Å². The highest BCUT2D eigenvalue weighted by Gasteiger charge is 2.18. The van der Waals surface area contributed by atoms with Gasteiger partial charge < -0.3 is 16.0 Å². The number of carbonyl (C=O) groups is 2. The first-order valence-electron chi connectivity index (χ1n) is 11.9. The largest absolute Gasteiger partial charge is 0.336 e. The van der Waals surface area contributed by atoms with Crippen LogP contribution in [0.15, 0.2) is 66.7 Å². The molecule has 0 aliphatic carbocycles. The second kappa shape index (κ2) is 12.4. The van der Waals surface area contributed by atoms with E-state index in [1.54, 1.807) is 24.3 Å². The van der Waals surface area contributed by atoms with Crippen LogP contribution in [0.25, 0.3) is 0 Å². The molecule has 0 aliphatic heterocycles. The quantitative estimate of drug-likeness (QED) is 0.292. The van der Waals surface area contributed by atoms with Gasteiger partial charge in [0.2, 0.25) is 0 Å². The van der Waals surface area contributed by atoms with Crippen molar-refractivity contribution in [3.8, 4) is 0 Å². The second-order valence-corrected chi connectivity index (χ2v) is 9.50. The topological polar surface area (TPSA) is 73.5 Å². The van der Waals surface area contributed by atoms with Crippen LogP contribution in [0, 0.1) is 5.82 Å². The van der Waals surface area contributed by atoms with Gasteiger partial charge in [0.15, 0.2) is 0 Å². The van der Waals surface area contributed by atoms with Gasteiger partial charge in [0.25, 0.3) is 0 Å². The molecule has 0 saturated carbocycles. The summed E-state index contributed by atoms with van der Waals surface area (Å²) in [4.78, 5) is 27.3. The molecule has 3 aromatic rings. The average Bonchev–Trinajstić information content (AvgIpc) is 2.83. The highest BCUT2D eigenvalue weighted by molar-refractivity contribution is 6.30. The van der Waals surface area contributed by atoms with Crippen molar-refractivity contribution >= 4 is 40.7 Å². The molecule has 8 heteroatoms. The number of nitrogens with one attached hydrogen (secondary N) is 3. The van der Waals surface area contributed by atoms with Crippen molar-refractivity contribution in [1.29, 1.82) is 0 Å². The number of carbonyl (C=O) groups excluding carboxylic acids is 2. The Balaban J connectivity index is 1.70. The van der Waals surface area contributed by atoms with Crippen molar-refractivity contribution in [3.63, 3.8) is 0 Å². The number of halogens is 2. The van der Waals surface area contributed by atoms with Crippen LogP contribution in [-0.2, 0) is 0 Å². The molecule has 3 rings (SSSR count). The van der Waals surface area contributed by atoms with Crippen LogP contribution in [-0.4, -0.2) is 25.2 Å². The molecule has 4 amide bonds. The summed E-state index contributed by atoms with van der Waals surface area (Å²) in [5.74, 6) is 0.0770. The Hall–Kier alpha value is -3.58. The summed E-state index contributed by atoms with van der Waals surface area (Å²) in [5, 5.41) is 9.20. The van der Waals surface area contributed by atoms with Crippen LogP contribution in [0.4, 0.5) is 31.0 Å². The summed E-state index contributed by atoms with van der Waals surface area (Å²) >= 11 is 5.93. The van der Waals surface area contributed by atoms with Crippen molar-refractivity contribution < 1.29 is 14.0 Å². The van der Waals surface area contributed by atoms with Gasteiger partial charge >= 0.3 is 12.1 Å². The molecule has 0 unspecified atom stereocenters. The fourth-order valence-corrected chi connectivity index (χ4v) is 3.95. The van der Waals surface area contributed by atoms with Crippen molar-refractivity contribution in [2.75, 3.05) is 28.6 Å². The molecular formula is C28H32ClFN4O2. The zero-order valence-electron chi connectivity index (χ0n) is 20.9. The summed E-state index contributed by atoms with van der Waals surface area (Å²) in [6.07, 6.45) is 0. The number of rotatable bonds is 8. The minimum atomic E-state index is -0.418. The third kappa shape index (κ3) is 7.21. The Morgan fingerprint density at radius 3 is 2.00 bits per heavy atom. The standard InChI is InChI=1S/C28H32ClFN4O2/c1-18(2)24-6-5-7-25(19(3)4)26(24)33-27(35)31-16-17-34(23-14-10-21(30)11-15-23)28(36)32-22-12-8-20(29)9-13-22/h5-15,18-19H,16-17H2,1-4H3,(H,32,36)(H2,31,33,35). The van der Waals surface area contributed by atoms with Crippen LogP contribution in [0.5, 0.6) is 0 Å². The Kier molecular flexibility index (Phi) is 9.31. The van der Waals surface area contributed by atoms with Gasteiger partial charge in [0.1, 0.15) is 5.82 Å². The van der Waals surface area contributed by atoms with Crippen LogP contribution < -0.4 is 20.9 Å². The molecule has 190 valence electrons. The Labute approximate surface area is 216 Å². The number of para-hydroxylation sites is 1. The van der Waals surface area contributed by atoms with Gasteiger partial charge in [-0.05, 0) is 71.5 Å². The lowest BCUT2D eigenvalue weighted by Gasteiger charge is -2.24. The van der Waals surface area contributed by atoms with Crippen molar-refractivity contribution in [2.24, 2.45) is 0 Å². The first-order valence-corrected chi connectivity index (χ1v) is 12.3. The lowest BCUT2D eigenvalue weighted by Crippen LogP contribution is -2.42. The third-order valence-corrected chi connectivity index (χ3v) is 5.96. The van der Waals surface area contributed by atoms with Crippen LogP contribution in [0.1, 0.15) is 50.7 Å². The van der Waals surface area contributed by atoms with E-state index in [9.17, 15) is 14.0 Å². The first kappa shape index (κ1) is 27.0. The molecule has 0 aliphatic rings. The van der Waals surface area contributed by atoms with Gasteiger partial charge in [-0.25, -0.2) is 14.0 Å². The molecule has 0 fully saturated rings. The summed E-state index contributed by atoms with van der Waals surface area (Å²) in [6, 6.07) is 17.6. The lowest BCUT2D eigenvalue weighted by atomic mass is 9.93. The number of urea groups is 2. The summed E-state index contributed by atoms with van der Waals surface area (Å²) in [7, 11) is 0. The SMILES string of the molecule is CC(C)c1cccc(C(C)C)c1NC(=O)NCCN(C(=O)Nc1ccc(Cl)cc1)c1ccc(F)cc1. The van der Waals surface area contributed by atoms with E-state index in [1.165, 1.54) is 29.2 Å². The van der Waals surface area contributed by atoms with E-state index < -0.39 is 11.8 Å². The summed E-state index contributed by atoms with van der Waals surface area (Å²) < 4.78 is 13.5. The summed E-state index contributed by atoms with van der Waals surface area (Å²) in [5.41, 5.74) is 4.00. The lowest BCUT2D eigenvalue weighted by molar-refractivity contribution is 0.250. The molecule has 0 spiro atoms. The molecule has 3 aromatic carbocycles. The fourth-order valence-electron chi connectivity index (χ4n) is 3.83. The minimum absolute atomic E-state index is 0.168. The third-order valence-electron chi connectivity index (χ3n) is 5.71. The predicted molar refractivity (Wildman–Crippen MR) is 146 cm³/mol. The van der Waals surface area contributed by atoms with Gasteiger partial charge in [-0.15, -0.1) is 0 Å². The second-order valence-electron chi connectivity index (χ2n) is 9.07. The van der Waals surface area contributed by atoms with E-state index in [0.717, 1.165) is 16.8 Å². The van der Waals surface area contributed by atoms with Gasteiger partial charge in [-0.3, -0.25) is 4.90 Å². The predicted octanol–water partition coefficient (Wildman–Crippen LogP) is 7.59. The Morgan fingerprint density at radius 2 is 1.44 bits per heavy atom. The van der Waals surface area contributed by atoms with Crippen molar-refractivity contribution in [2.45, 2.75) is 39.5 Å². The molecular weight excluding hydrogens is 479 g/mol. The number of hydrogen-bond acceptors (Lipinski definition) is 2. The number of amides is 4. The smallest absolute Gasteiger partial charge is 0.326 e. The van der Waals surface area contributed by atoms with E-state index in [-0.39, 0.29) is 31.0 Å². The summed E-state index contributed by atoms with van der Waals surface area (Å²) in [6.45, 7) is 8.69. The van der Waals surface area contributed by atoms with E-state index in [1.807, 2.05) is 18.2 Å². The van der Waals surface area contributed by atoms with Crippen LogP contribution in [0.2, 0.25) is 5.02 Å². The number of hydrogen-bond donors (Lipinski definition) is 3. The molecule has 0 atom stereocenters. The zero-order valence-corrected chi connectivity index (χ0v) is 21.7. The molecule has 36 heavy (non-hydrogen) atoms. The molecule has 6 nitrogen and oxygen atoms in total. The van der Waals surface area contributed by atoms with Gasteiger partial charge in [0.05, 0.1) is 0 Å². The fraction of sp³-hybridized carbons (Fsp3) is 0.286. The maximum absolute atomic E-state index is 13.5. The molecule has 3 N–H and O–H groups in total. The van der Waals surface area contributed by atoms with Crippen LogP contribution in [0.3, 0.4) is 0 Å². The molecule has 0 radical (unpaired) electrons. The number of nitrogens with zero attached hydrogens (tertiary/aromatic N) is 1. The number of benzene rings is 3. The molecule has 0 aromatic heterocycles.